The van der Waals surface area contributed by atoms with Crippen molar-refractivity contribution < 1.29 is 5.11 Å². The maximum atomic E-state index is 9.60. The number of aryl methyl sites for hydroxylation is 2. The van der Waals surface area contributed by atoms with E-state index in [0.717, 1.165) is 17.5 Å². The third-order valence-corrected chi connectivity index (χ3v) is 1.94. The Kier molecular flexibility index (Phi) is 2.71. The lowest BCUT2D eigenvalue weighted by atomic mass is 10.0. The lowest BCUT2D eigenvalue weighted by Gasteiger charge is -2.07. The van der Waals surface area contributed by atoms with Gasteiger partial charge in [-0.25, -0.2) is 0 Å². The Morgan fingerprint density at radius 2 is 2.00 bits per heavy atom. The first-order valence-corrected chi connectivity index (χ1v) is 4.14. The van der Waals surface area contributed by atoms with E-state index in [-0.39, 0.29) is 0 Å². The summed E-state index contributed by atoms with van der Waals surface area (Å²) < 4.78 is 0. The maximum Gasteiger partial charge on any atom is 0.121 e. The minimum absolute atomic E-state index is 0.394. The number of phenolic OH excluding ortho intramolecular Hbond substituents is 1. The van der Waals surface area contributed by atoms with Gasteiger partial charge in [0.25, 0.3) is 0 Å². The van der Waals surface area contributed by atoms with Gasteiger partial charge >= 0.3 is 0 Å². The summed E-state index contributed by atoms with van der Waals surface area (Å²) in [5.74, 6) is 0.394. The molecular weight excluding hydrogens is 150 g/mol. The number of hydrogen-bond acceptors (Lipinski definition) is 2. The Labute approximate surface area is 73.0 Å². The van der Waals surface area contributed by atoms with Crippen molar-refractivity contribution in [3.8, 4) is 5.75 Å². The van der Waals surface area contributed by atoms with Gasteiger partial charge in [-0.05, 0) is 37.9 Å². The molecule has 1 rings (SSSR count). The summed E-state index contributed by atoms with van der Waals surface area (Å²) in [6.45, 7) is 4.51. The van der Waals surface area contributed by atoms with E-state index in [9.17, 15) is 5.11 Å². The molecule has 2 nitrogen and oxygen atoms in total. The fraction of sp³-hybridized carbons (Fsp3) is 0.400. The second kappa shape index (κ2) is 3.59. The zero-order valence-corrected chi connectivity index (χ0v) is 7.59. The van der Waals surface area contributed by atoms with Crippen LogP contribution in [0.5, 0.6) is 5.75 Å². The molecule has 66 valence electrons. The van der Waals surface area contributed by atoms with Crippen LogP contribution in [0.2, 0.25) is 0 Å². The van der Waals surface area contributed by atoms with Gasteiger partial charge in [-0.2, -0.15) is 0 Å². The van der Waals surface area contributed by atoms with Crippen molar-refractivity contribution >= 4 is 0 Å². The van der Waals surface area contributed by atoms with Crippen molar-refractivity contribution in [2.24, 2.45) is 5.73 Å². The molecule has 0 bridgehead atoms. The Hall–Kier alpha value is -1.02. The highest BCUT2D eigenvalue weighted by Gasteiger charge is 2.03. The summed E-state index contributed by atoms with van der Waals surface area (Å²) in [6.07, 6.45) is 0.744. The molecule has 1 aromatic carbocycles. The lowest BCUT2D eigenvalue weighted by molar-refractivity contribution is 0.464. The van der Waals surface area contributed by atoms with Gasteiger partial charge < -0.3 is 10.8 Å². The summed E-state index contributed by atoms with van der Waals surface area (Å²) in [5.41, 5.74) is 8.48. The third-order valence-electron chi connectivity index (χ3n) is 1.94. The molecular formula is C10H15NO. The Morgan fingerprint density at radius 1 is 1.33 bits per heavy atom. The summed E-state index contributed by atoms with van der Waals surface area (Å²) in [4.78, 5) is 0. The second-order valence-corrected chi connectivity index (χ2v) is 3.13. The number of phenols is 1. The van der Waals surface area contributed by atoms with E-state index in [2.05, 4.69) is 0 Å². The molecule has 12 heavy (non-hydrogen) atoms. The molecule has 0 atom stereocenters. The molecule has 0 heterocycles. The van der Waals surface area contributed by atoms with Gasteiger partial charge in [0, 0.05) is 0 Å². The molecule has 0 fully saturated rings. The molecule has 3 N–H and O–H groups in total. The van der Waals surface area contributed by atoms with Crippen LogP contribution in [0.1, 0.15) is 16.7 Å². The maximum absolute atomic E-state index is 9.60. The average molecular weight is 165 g/mol. The molecule has 0 spiro atoms. The number of rotatable bonds is 2. The molecule has 1 aromatic rings. The Bertz CT molecular complexity index is 281. The highest BCUT2D eigenvalue weighted by molar-refractivity contribution is 5.42. The predicted octanol–water partition coefficient (Wildman–Crippen LogP) is 1.51. The van der Waals surface area contributed by atoms with Gasteiger partial charge in [-0.1, -0.05) is 17.7 Å². The van der Waals surface area contributed by atoms with Crippen LogP contribution in [-0.4, -0.2) is 11.7 Å². The number of benzene rings is 1. The quantitative estimate of drug-likeness (QED) is 0.697. The Balaban J connectivity index is 3.09. The molecule has 0 saturated heterocycles. The van der Waals surface area contributed by atoms with Crippen molar-refractivity contribution in [1.29, 1.82) is 0 Å². The van der Waals surface area contributed by atoms with Crippen LogP contribution in [0.3, 0.4) is 0 Å². The molecule has 0 amide bonds. The predicted molar refractivity (Wildman–Crippen MR) is 50.3 cm³/mol. The van der Waals surface area contributed by atoms with Gasteiger partial charge in [-0.15, -0.1) is 0 Å². The zero-order valence-electron chi connectivity index (χ0n) is 7.59. The van der Waals surface area contributed by atoms with Crippen molar-refractivity contribution in [1.82, 2.24) is 0 Å². The van der Waals surface area contributed by atoms with Crippen LogP contribution in [0.15, 0.2) is 12.1 Å². The van der Waals surface area contributed by atoms with Crippen LogP contribution in [0.25, 0.3) is 0 Å². The average Bonchev–Trinajstić information content (AvgIpc) is 2.00. The van der Waals surface area contributed by atoms with Crippen molar-refractivity contribution in [2.45, 2.75) is 20.3 Å². The molecule has 0 unspecified atom stereocenters. The third kappa shape index (κ3) is 1.77. The summed E-state index contributed by atoms with van der Waals surface area (Å²) in [5, 5.41) is 9.60. The van der Waals surface area contributed by atoms with Gasteiger partial charge in [0.05, 0.1) is 0 Å². The smallest absolute Gasteiger partial charge is 0.121 e. The van der Waals surface area contributed by atoms with Crippen LogP contribution in [0.4, 0.5) is 0 Å². The largest absolute Gasteiger partial charge is 0.507 e. The standard InChI is InChI=1S/C10H15NO/c1-7-5-8(2)10(12)9(6-7)3-4-11/h5-6,12H,3-4,11H2,1-2H3. The second-order valence-electron chi connectivity index (χ2n) is 3.13. The normalized spacial score (nSPS) is 10.2. The minimum Gasteiger partial charge on any atom is -0.507 e. The highest BCUT2D eigenvalue weighted by atomic mass is 16.3. The van der Waals surface area contributed by atoms with E-state index in [1.807, 2.05) is 26.0 Å². The van der Waals surface area contributed by atoms with Gasteiger partial charge in [0.15, 0.2) is 0 Å². The van der Waals surface area contributed by atoms with E-state index in [1.54, 1.807) is 0 Å². The van der Waals surface area contributed by atoms with Crippen molar-refractivity contribution in [3.63, 3.8) is 0 Å². The molecule has 0 aliphatic rings. The molecule has 0 radical (unpaired) electrons. The molecule has 0 aromatic heterocycles. The minimum atomic E-state index is 0.394. The summed E-state index contributed by atoms with van der Waals surface area (Å²) in [6, 6.07) is 3.95. The van der Waals surface area contributed by atoms with Crippen LogP contribution >= 0.6 is 0 Å². The van der Waals surface area contributed by atoms with E-state index in [1.165, 1.54) is 5.56 Å². The van der Waals surface area contributed by atoms with E-state index < -0.39 is 0 Å². The first-order valence-electron chi connectivity index (χ1n) is 4.14. The lowest BCUT2D eigenvalue weighted by Crippen LogP contribution is -2.03. The fourth-order valence-electron chi connectivity index (χ4n) is 1.39. The SMILES string of the molecule is Cc1cc(C)c(O)c(CCN)c1. The zero-order chi connectivity index (χ0) is 9.14. The first kappa shape index (κ1) is 9.07. The van der Waals surface area contributed by atoms with E-state index in [4.69, 9.17) is 5.73 Å². The number of nitrogens with two attached hydrogens (primary N) is 1. The van der Waals surface area contributed by atoms with Crippen LogP contribution < -0.4 is 5.73 Å². The summed E-state index contributed by atoms with van der Waals surface area (Å²) in [7, 11) is 0. The molecule has 2 heteroatoms. The Morgan fingerprint density at radius 3 is 2.58 bits per heavy atom. The van der Waals surface area contributed by atoms with Gasteiger partial charge in [0.2, 0.25) is 0 Å². The van der Waals surface area contributed by atoms with Crippen LogP contribution in [0, 0.1) is 13.8 Å². The topological polar surface area (TPSA) is 46.2 Å². The number of hydrogen-bond donors (Lipinski definition) is 2. The molecule has 0 aliphatic heterocycles. The monoisotopic (exact) mass is 165 g/mol. The first-order chi connectivity index (χ1) is 5.65. The molecule has 0 saturated carbocycles. The van der Waals surface area contributed by atoms with E-state index in [0.29, 0.717) is 12.3 Å². The fourth-order valence-corrected chi connectivity index (χ4v) is 1.39. The number of aromatic hydroxyl groups is 1. The molecule has 0 aliphatic carbocycles. The van der Waals surface area contributed by atoms with Crippen molar-refractivity contribution in [3.05, 3.63) is 28.8 Å². The van der Waals surface area contributed by atoms with E-state index >= 15 is 0 Å². The van der Waals surface area contributed by atoms with Crippen LogP contribution in [-0.2, 0) is 6.42 Å². The summed E-state index contributed by atoms with van der Waals surface area (Å²) >= 11 is 0. The van der Waals surface area contributed by atoms with Gasteiger partial charge in [0.1, 0.15) is 5.75 Å². The highest BCUT2D eigenvalue weighted by Crippen LogP contribution is 2.23. The van der Waals surface area contributed by atoms with Crippen molar-refractivity contribution in [2.75, 3.05) is 6.54 Å². The van der Waals surface area contributed by atoms with Gasteiger partial charge in [-0.3, -0.25) is 0 Å².